The van der Waals surface area contributed by atoms with Crippen LogP contribution in [-0.4, -0.2) is 7.11 Å². The van der Waals surface area contributed by atoms with Gasteiger partial charge in [-0.15, -0.1) is 0 Å². The highest BCUT2D eigenvalue weighted by Crippen LogP contribution is 2.33. The zero-order valence-electron chi connectivity index (χ0n) is 14.8. The van der Waals surface area contributed by atoms with Gasteiger partial charge in [0.05, 0.1) is 6.04 Å². The summed E-state index contributed by atoms with van der Waals surface area (Å²) in [6.45, 7) is 2.20. The van der Waals surface area contributed by atoms with Gasteiger partial charge < -0.3 is 10.1 Å². The second-order valence-corrected chi connectivity index (χ2v) is 6.25. The Hall–Kier alpha value is -2.42. The van der Waals surface area contributed by atoms with Gasteiger partial charge in [-0.3, -0.25) is 0 Å². The molecule has 3 atom stereocenters. The molecule has 25 heavy (non-hydrogen) atoms. The lowest BCUT2D eigenvalue weighted by molar-refractivity contribution is 0.0637. The average molecular weight is 331 g/mol. The van der Waals surface area contributed by atoms with Crippen molar-refractivity contribution >= 4 is 0 Å². The first kappa shape index (κ1) is 17.4. The molecule has 0 spiro atoms. The Balaban J connectivity index is 1.92. The van der Waals surface area contributed by atoms with Crippen molar-refractivity contribution in [2.24, 2.45) is 0 Å². The third-order valence-corrected chi connectivity index (χ3v) is 4.57. The molecule has 0 amide bonds. The third kappa shape index (κ3) is 4.36. The van der Waals surface area contributed by atoms with Gasteiger partial charge in [0, 0.05) is 13.2 Å². The number of methoxy groups -OCH3 is 1. The molecule has 0 aliphatic carbocycles. The maximum atomic E-state index is 5.93. The summed E-state index contributed by atoms with van der Waals surface area (Å²) >= 11 is 0. The highest BCUT2D eigenvalue weighted by atomic mass is 16.5. The maximum absolute atomic E-state index is 5.93. The largest absolute Gasteiger partial charge is 0.375 e. The van der Waals surface area contributed by atoms with Crippen LogP contribution in [-0.2, 0) is 4.74 Å². The van der Waals surface area contributed by atoms with E-state index in [9.17, 15) is 0 Å². The molecule has 0 aliphatic heterocycles. The zero-order chi connectivity index (χ0) is 17.5. The Labute approximate surface area is 150 Å². The minimum atomic E-state index is -0.0604. The Morgan fingerprint density at radius 1 is 0.640 bits per heavy atom. The van der Waals surface area contributed by atoms with E-state index in [-0.39, 0.29) is 18.2 Å². The van der Waals surface area contributed by atoms with Crippen LogP contribution in [0.2, 0.25) is 0 Å². The minimum Gasteiger partial charge on any atom is -0.375 e. The van der Waals surface area contributed by atoms with E-state index in [4.69, 9.17) is 4.74 Å². The lowest BCUT2D eigenvalue weighted by Gasteiger charge is -2.31. The molecule has 0 aliphatic rings. The highest BCUT2D eigenvalue weighted by molar-refractivity contribution is 5.28. The van der Waals surface area contributed by atoms with Crippen LogP contribution in [0.4, 0.5) is 0 Å². The van der Waals surface area contributed by atoms with E-state index >= 15 is 0 Å². The highest BCUT2D eigenvalue weighted by Gasteiger charge is 2.26. The van der Waals surface area contributed by atoms with Gasteiger partial charge >= 0.3 is 0 Å². The van der Waals surface area contributed by atoms with E-state index in [0.29, 0.717) is 0 Å². The molecule has 2 heteroatoms. The van der Waals surface area contributed by atoms with E-state index < -0.39 is 0 Å². The summed E-state index contributed by atoms with van der Waals surface area (Å²) in [4.78, 5) is 0. The number of ether oxygens (including phenoxy) is 1. The van der Waals surface area contributed by atoms with Crippen molar-refractivity contribution in [1.29, 1.82) is 0 Å². The molecular formula is C23H25NO. The molecule has 0 saturated carbocycles. The molecule has 0 radical (unpaired) electrons. The van der Waals surface area contributed by atoms with Crippen molar-refractivity contribution in [3.63, 3.8) is 0 Å². The fourth-order valence-electron chi connectivity index (χ4n) is 3.23. The molecule has 0 heterocycles. The predicted molar refractivity (Wildman–Crippen MR) is 103 cm³/mol. The predicted octanol–water partition coefficient (Wildman–Crippen LogP) is 5.47. The fourth-order valence-corrected chi connectivity index (χ4v) is 3.23. The second-order valence-electron chi connectivity index (χ2n) is 6.25. The van der Waals surface area contributed by atoms with E-state index in [1.807, 2.05) is 18.2 Å². The Kier molecular flexibility index (Phi) is 5.99. The molecule has 3 aromatic carbocycles. The standard InChI is InChI=1S/C23H25NO/c1-18(19-12-6-3-7-13-19)24-22(20-14-8-4-9-15-20)23(25-2)21-16-10-5-11-17-21/h3-18,22-24H,1-2H3/t18-,22+,23-/m1/s1. The van der Waals surface area contributed by atoms with Crippen molar-refractivity contribution < 1.29 is 4.74 Å². The van der Waals surface area contributed by atoms with Gasteiger partial charge in [-0.2, -0.15) is 0 Å². The fraction of sp³-hybridized carbons (Fsp3) is 0.217. The van der Waals surface area contributed by atoms with E-state index in [1.165, 1.54) is 16.7 Å². The first-order valence-corrected chi connectivity index (χ1v) is 8.73. The lowest BCUT2D eigenvalue weighted by Crippen LogP contribution is -2.30. The Morgan fingerprint density at radius 3 is 1.56 bits per heavy atom. The minimum absolute atomic E-state index is 0.0591. The van der Waals surface area contributed by atoms with Crippen LogP contribution in [0.1, 0.15) is 41.8 Å². The Morgan fingerprint density at radius 2 is 1.08 bits per heavy atom. The van der Waals surface area contributed by atoms with Crippen LogP contribution in [0.5, 0.6) is 0 Å². The van der Waals surface area contributed by atoms with Crippen molar-refractivity contribution in [3.8, 4) is 0 Å². The van der Waals surface area contributed by atoms with Gasteiger partial charge in [0.15, 0.2) is 0 Å². The summed E-state index contributed by atoms with van der Waals surface area (Å²) in [6.07, 6.45) is -0.0604. The van der Waals surface area contributed by atoms with Gasteiger partial charge in [-0.1, -0.05) is 91.0 Å². The van der Waals surface area contributed by atoms with Gasteiger partial charge in [-0.05, 0) is 23.6 Å². The van der Waals surface area contributed by atoms with Crippen LogP contribution < -0.4 is 5.32 Å². The van der Waals surface area contributed by atoms with E-state index in [1.54, 1.807) is 7.11 Å². The summed E-state index contributed by atoms with van der Waals surface area (Å²) < 4.78 is 5.93. The van der Waals surface area contributed by atoms with Gasteiger partial charge in [0.1, 0.15) is 6.10 Å². The molecule has 0 fully saturated rings. The quantitative estimate of drug-likeness (QED) is 0.620. The smallest absolute Gasteiger partial charge is 0.102 e. The van der Waals surface area contributed by atoms with Crippen molar-refractivity contribution in [2.45, 2.75) is 25.1 Å². The number of nitrogens with one attached hydrogen (secondary N) is 1. The number of hydrogen-bond donors (Lipinski definition) is 1. The van der Waals surface area contributed by atoms with E-state index in [0.717, 1.165) is 0 Å². The van der Waals surface area contributed by atoms with Crippen LogP contribution in [0.15, 0.2) is 91.0 Å². The zero-order valence-corrected chi connectivity index (χ0v) is 14.8. The lowest BCUT2D eigenvalue weighted by atomic mass is 9.94. The number of hydrogen-bond acceptors (Lipinski definition) is 2. The first-order valence-electron chi connectivity index (χ1n) is 8.73. The van der Waals surface area contributed by atoms with Crippen molar-refractivity contribution in [1.82, 2.24) is 5.32 Å². The van der Waals surface area contributed by atoms with Gasteiger partial charge in [0.2, 0.25) is 0 Å². The average Bonchev–Trinajstić information content (AvgIpc) is 2.70. The molecule has 3 rings (SSSR count). The topological polar surface area (TPSA) is 21.3 Å². The van der Waals surface area contributed by atoms with Crippen LogP contribution in [0.25, 0.3) is 0 Å². The molecule has 0 unspecified atom stereocenters. The second kappa shape index (κ2) is 8.61. The van der Waals surface area contributed by atoms with Crippen molar-refractivity contribution in [3.05, 3.63) is 108 Å². The number of benzene rings is 3. The van der Waals surface area contributed by atoms with Crippen molar-refractivity contribution in [2.75, 3.05) is 7.11 Å². The van der Waals surface area contributed by atoms with Gasteiger partial charge in [-0.25, -0.2) is 0 Å². The summed E-state index contributed by atoms with van der Waals surface area (Å²) in [5.74, 6) is 0. The van der Waals surface area contributed by atoms with Crippen LogP contribution in [0.3, 0.4) is 0 Å². The van der Waals surface area contributed by atoms with E-state index in [2.05, 4.69) is 85.0 Å². The third-order valence-electron chi connectivity index (χ3n) is 4.57. The summed E-state index contributed by atoms with van der Waals surface area (Å²) in [5.41, 5.74) is 3.67. The normalized spacial score (nSPS) is 14.6. The monoisotopic (exact) mass is 331 g/mol. The summed E-state index contributed by atoms with van der Waals surface area (Å²) in [6, 6.07) is 31.7. The first-order chi connectivity index (χ1) is 12.3. The SMILES string of the molecule is CO[C@H](c1ccccc1)[C@@H](N[C@H](C)c1ccccc1)c1ccccc1. The molecular weight excluding hydrogens is 306 g/mol. The summed E-state index contributed by atoms with van der Waals surface area (Å²) in [5, 5.41) is 3.77. The van der Waals surface area contributed by atoms with Crippen LogP contribution in [0, 0.1) is 0 Å². The molecule has 0 aromatic heterocycles. The maximum Gasteiger partial charge on any atom is 0.102 e. The Bertz CT molecular complexity index is 743. The number of rotatable bonds is 7. The molecule has 0 saturated heterocycles. The van der Waals surface area contributed by atoms with Gasteiger partial charge in [0.25, 0.3) is 0 Å². The molecule has 2 nitrogen and oxygen atoms in total. The molecule has 0 bridgehead atoms. The molecule has 3 aromatic rings. The molecule has 128 valence electrons. The molecule has 1 N–H and O–H groups in total. The van der Waals surface area contributed by atoms with Crippen LogP contribution >= 0.6 is 0 Å². The summed E-state index contributed by atoms with van der Waals surface area (Å²) in [7, 11) is 1.78.